The number of ether oxygens (including phenoxy) is 2. The van der Waals surface area contributed by atoms with Crippen LogP contribution in [0.5, 0.6) is 11.5 Å². The van der Waals surface area contributed by atoms with Crippen molar-refractivity contribution in [3.63, 3.8) is 0 Å². The Balaban J connectivity index is 2.06. The minimum absolute atomic E-state index is 0.157. The molecule has 156 valence electrons. The molecule has 2 aromatic rings. The van der Waals surface area contributed by atoms with E-state index in [4.69, 9.17) is 21.1 Å². The molecule has 1 saturated carbocycles. The molecule has 1 fully saturated rings. The molecule has 0 heterocycles. The average Bonchev–Trinajstić information content (AvgIpc) is 3.23. The minimum atomic E-state index is -0.261. The number of benzene rings is 2. The van der Waals surface area contributed by atoms with E-state index in [0.29, 0.717) is 22.1 Å². The second-order valence-corrected chi connectivity index (χ2v) is 8.09. The molecule has 0 aromatic heterocycles. The Labute approximate surface area is 177 Å². The quantitative estimate of drug-likeness (QED) is 0.710. The first-order chi connectivity index (χ1) is 13.9. The first-order valence-electron chi connectivity index (χ1n) is 9.88. The Morgan fingerprint density at radius 2 is 1.72 bits per heavy atom. The van der Waals surface area contributed by atoms with Crippen molar-refractivity contribution < 1.29 is 14.3 Å². The van der Waals surface area contributed by atoms with Crippen molar-refractivity contribution in [3.8, 4) is 11.5 Å². The molecule has 0 spiro atoms. The van der Waals surface area contributed by atoms with Gasteiger partial charge in [-0.05, 0) is 44.6 Å². The molecule has 1 aliphatic carbocycles. The van der Waals surface area contributed by atoms with Gasteiger partial charge in [0.15, 0.2) is 5.75 Å². The lowest BCUT2D eigenvalue weighted by Gasteiger charge is -2.44. The van der Waals surface area contributed by atoms with Crippen molar-refractivity contribution in [1.82, 2.24) is 10.2 Å². The van der Waals surface area contributed by atoms with Gasteiger partial charge in [0.05, 0.1) is 25.3 Å². The van der Waals surface area contributed by atoms with Gasteiger partial charge in [0.1, 0.15) is 11.3 Å². The van der Waals surface area contributed by atoms with Gasteiger partial charge in [0.2, 0.25) is 0 Å². The van der Waals surface area contributed by atoms with Crippen molar-refractivity contribution in [2.45, 2.75) is 37.3 Å². The zero-order valence-electron chi connectivity index (χ0n) is 17.5. The van der Waals surface area contributed by atoms with Gasteiger partial charge in [0, 0.05) is 5.54 Å². The number of halogens is 1. The SMILES string of the molecule is COc1ccc(Cl)c(OC)c1C(=O)NC(c1ccccc1)C1(N(C)C)CCCC1. The number of methoxy groups -OCH3 is 2. The normalized spacial score (nSPS) is 16.5. The molecule has 29 heavy (non-hydrogen) atoms. The molecular formula is C23H29ClN2O3. The van der Waals surface area contributed by atoms with Crippen LogP contribution in [0, 0.1) is 0 Å². The highest BCUT2D eigenvalue weighted by Gasteiger charge is 2.45. The summed E-state index contributed by atoms with van der Waals surface area (Å²) in [6, 6.07) is 13.3. The summed E-state index contributed by atoms with van der Waals surface area (Å²) in [6.45, 7) is 0. The van der Waals surface area contributed by atoms with Gasteiger partial charge in [-0.15, -0.1) is 0 Å². The van der Waals surface area contributed by atoms with Crippen LogP contribution in [0.2, 0.25) is 5.02 Å². The van der Waals surface area contributed by atoms with Crippen LogP contribution in [0.4, 0.5) is 0 Å². The molecule has 0 bridgehead atoms. The summed E-state index contributed by atoms with van der Waals surface area (Å²) >= 11 is 6.29. The molecule has 1 N–H and O–H groups in total. The van der Waals surface area contributed by atoms with Gasteiger partial charge >= 0.3 is 0 Å². The van der Waals surface area contributed by atoms with Crippen molar-refractivity contribution >= 4 is 17.5 Å². The topological polar surface area (TPSA) is 50.8 Å². The van der Waals surface area contributed by atoms with E-state index < -0.39 is 0 Å². The van der Waals surface area contributed by atoms with E-state index in [1.54, 1.807) is 12.1 Å². The lowest BCUT2D eigenvalue weighted by Crippen LogP contribution is -2.53. The Morgan fingerprint density at radius 1 is 1.07 bits per heavy atom. The van der Waals surface area contributed by atoms with Crippen LogP contribution in [-0.2, 0) is 0 Å². The van der Waals surface area contributed by atoms with Crippen molar-refractivity contribution in [1.29, 1.82) is 0 Å². The molecule has 6 heteroatoms. The molecule has 0 radical (unpaired) electrons. The highest BCUT2D eigenvalue weighted by atomic mass is 35.5. The van der Waals surface area contributed by atoms with E-state index in [2.05, 4.69) is 36.4 Å². The summed E-state index contributed by atoms with van der Waals surface area (Å²) < 4.78 is 10.9. The zero-order valence-corrected chi connectivity index (χ0v) is 18.3. The summed E-state index contributed by atoms with van der Waals surface area (Å²) in [6.07, 6.45) is 4.32. The van der Waals surface area contributed by atoms with Crippen molar-refractivity contribution in [3.05, 3.63) is 58.6 Å². The summed E-state index contributed by atoms with van der Waals surface area (Å²) in [5, 5.41) is 3.66. The number of rotatable bonds is 7. The number of nitrogens with zero attached hydrogens (tertiary/aromatic N) is 1. The van der Waals surface area contributed by atoms with Crippen LogP contribution < -0.4 is 14.8 Å². The molecule has 0 saturated heterocycles. The first-order valence-corrected chi connectivity index (χ1v) is 10.3. The molecule has 0 aliphatic heterocycles. The third kappa shape index (κ3) is 4.07. The highest BCUT2D eigenvalue weighted by Crippen LogP contribution is 2.44. The smallest absolute Gasteiger partial charge is 0.259 e. The predicted octanol–water partition coefficient (Wildman–Crippen LogP) is 4.70. The van der Waals surface area contributed by atoms with Gasteiger partial charge in [-0.3, -0.25) is 4.79 Å². The molecule has 1 aliphatic rings. The van der Waals surface area contributed by atoms with Crippen LogP contribution in [0.15, 0.2) is 42.5 Å². The highest BCUT2D eigenvalue weighted by molar-refractivity contribution is 6.32. The van der Waals surface area contributed by atoms with Crippen LogP contribution in [-0.4, -0.2) is 44.7 Å². The fraction of sp³-hybridized carbons (Fsp3) is 0.435. The van der Waals surface area contributed by atoms with E-state index in [0.717, 1.165) is 31.2 Å². The van der Waals surface area contributed by atoms with E-state index in [-0.39, 0.29) is 17.5 Å². The maximum atomic E-state index is 13.5. The summed E-state index contributed by atoms with van der Waals surface area (Å²) in [5.41, 5.74) is 1.24. The number of nitrogens with one attached hydrogen (secondary N) is 1. The molecule has 3 rings (SSSR count). The second-order valence-electron chi connectivity index (χ2n) is 7.68. The van der Waals surface area contributed by atoms with Gasteiger partial charge < -0.3 is 19.7 Å². The maximum absolute atomic E-state index is 13.5. The van der Waals surface area contributed by atoms with Crippen LogP contribution in [0.1, 0.15) is 47.6 Å². The Bertz CT molecular complexity index is 849. The Hall–Kier alpha value is -2.24. The predicted molar refractivity (Wildman–Crippen MR) is 116 cm³/mol. The molecule has 1 atom stereocenters. The Kier molecular flexibility index (Phi) is 6.70. The zero-order chi connectivity index (χ0) is 21.0. The van der Waals surface area contributed by atoms with Crippen LogP contribution in [0.3, 0.4) is 0 Å². The number of likely N-dealkylation sites (N-methyl/N-ethyl adjacent to an activating group) is 1. The maximum Gasteiger partial charge on any atom is 0.259 e. The number of hydrogen-bond acceptors (Lipinski definition) is 4. The van der Waals surface area contributed by atoms with Crippen LogP contribution in [0.25, 0.3) is 0 Å². The lowest BCUT2D eigenvalue weighted by atomic mass is 9.82. The van der Waals surface area contributed by atoms with E-state index in [9.17, 15) is 4.79 Å². The van der Waals surface area contributed by atoms with E-state index in [1.165, 1.54) is 14.2 Å². The van der Waals surface area contributed by atoms with Crippen LogP contribution >= 0.6 is 11.6 Å². The number of amides is 1. The molecule has 1 amide bonds. The second kappa shape index (κ2) is 9.06. The number of carbonyl (C=O) groups is 1. The van der Waals surface area contributed by atoms with E-state index in [1.807, 2.05) is 18.2 Å². The number of carbonyl (C=O) groups excluding carboxylic acids is 1. The standard InChI is InChI=1S/C23H29ClN2O3/c1-26(2)23(14-8-9-15-23)21(16-10-6-5-7-11-16)25-22(27)19-18(28-3)13-12-17(24)20(19)29-4/h5-7,10-13,21H,8-9,14-15H2,1-4H3,(H,25,27). The molecular weight excluding hydrogens is 388 g/mol. The summed E-state index contributed by atoms with van der Waals surface area (Å²) in [5.74, 6) is 0.490. The fourth-order valence-electron chi connectivity index (χ4n) is 4.48. The van der Waals surface area contributed by atoms with Crippen molar-refractivity contribution in [2.75, 3.05) is 28.3 Å². The monoisotopic (exact) mass is 416 g/mol. The number of hydrogen-bond donors (Lipinski definition) is 1. The average molecular weight is 417 g/mol. The molecule has 1 unspecified atom stereocenters. The van der Waals surface area contributed by atoms with E-state index >= 15 is 0 Å². The third-order valence-corrected chi connectivity index (χ3v) is 6.33. The van der Waals surface area contributed by atoms with Crippen molar-refractivity contribution in [2.24, 2.45) is 0 Å². The lowest BCUT2D eigenvalue weighted by molar-refractivity contribution is 0.0761. The van der Waals surface area contributed by atoms with Gasteiger partial charge in [-0.25, -0.2) is 0 Å². The summed E-state index contributed by atoms with van der Waals surface area (Å²) in [7, 11) is 7.22. The van der Waals surface area contributed by atoms with Gasteiger partial charge in [0.25, 0.3) is 5.91 Å². The third-order valence-electron chi connectivity index (χ3n) is 6.03. The Morgan fingerprint density at radius 3 is 2.28 bits per heavy atom. The summed E-state index contributed by atoms with van der Waals surface area (Å²) in [4.78, 5) is 15.8. The fourth-order valence-corrected chi connectivity index (χ4v) is 4.72. The largest absolute Gasteiger partial charge is 0.496 e. The first kappa shape index (κ1) is 21.5. The molecule has 2 aromatic carbocycles. The van der Waals surface area contributed by atoms with Gasteiger partial charge in [-0.2, -0.15) is 0 Å². The molecule has 5 nitrogen and oxygen atoms in total. The minimum Gasteiger partial charge on any atom is -0.496 e. The van der Waals surface area contributed by atoms with Gasteiger partial charge in [-0.1, -0.05) is 54.8 Å².